The molecule has 0 aromatic carbocycles. The number of carbonyl (C=O) groups excluding carboxylic acids is 1. The molecule has 1 heterocycles. The fourth-order valence-corrected chi connectivity index (χ4v) is 0.985. The maximum absolute atomic E-state index is 10.1. The first-order chi connectivity index (χ1) is 4.79. The van der Waals surface area contributed by atoms with E-state index in [4.69, 9.17) is 5.73 Å². The normalized spacial score (nSPS) is 9.20. The van der Waals surface area contributed by atoms with E-state index in [2.05, 4.69) is 9.72 Å². The van der Waals surface area contributed by atoms with Crippen molar-refractivity contribution >= 4 is 17.4 Å². The molecule has 1 aromatic rings. The number of hydrogen-bond donors (Lipinski definition) is 1. The van der Waals surface area contributed by atoms with Crippen LogP contribution in [0, 0.1) is 0 Å². The lowest BCUT2D eigenvalue weighted by Crippen LogP contribution is -2.12. The number of amides is 1. The third-order valence-corrected chi connectivity index (χ3v) is 1.57. The van der Waals surface area contributed by atoms with Crippen LogP contribution in [-0.2, 0) is 11.3 Å². The summed E-state index contributed by atoms with van der Waals surface area (Å²) >= 11 is 1.42. The molecule has 54 valence electrons. The molecule has 0 aliphatic heterocycles. The van der Waals surface area contributed by atoms with Gasteiger partial charge >= 0.3 is 6.09 Å². The van der Waals surface area contributed by atoms with E-state index in [0.717, 1.165) is 5.01 Å². The highest BCUT2D eigenvalue weighted by Crippen LogP contribution is 2.04. The minimum Gasteiger partial charge on any atom is -0.442 e. The van der Waals surface area contributed by atoms with E-state index in [0.29, 0.717) is 0 Å². The van der Waals surface area contributed by atoms with Gasteiger partial charge in [-0.05, 0) is 0 Å². The Morgan fingerprint density at radius 2 is 2.70 bits per heavy atom. The molecule has 5 heteroatoms. The number of nitrogens with two attached hydrogens (primary N) is 1. The van der Waals surface area contributed by atoms with Gasteiger partial charge in [0.25, 0.3) is 0 Å². The second-order valence-electron chi connectivity index (χ2n) is 1.53. The van der Waals surface area contributed by atoms with Crippen molar-refractivity contribution in [1.29, 1.82) is 0 Å². The molecule has 0 bridgehead atoms. The van der Waals surface area contributed by atoms with E-state index >= 15 is 0 Å². The summed E-state index contributed by atoms with van der Waals surface area (Å²) in [4.78, 5) is 13.9. The van der Waals surface area contributed by atoms with Crippen molar-refractivity contribution in [3.05, 3.63) is 16.6 Å². The van der Waals surface area contributed by atoms with E-state index in [9.17, 15) is 4.79 Å². The zero-order valence-electron chi connectivity index (χ0n) is 5.11. The Bertz CT molecular complexity index is 209. The highest BCUT2D eigenvalue weighted by Gasteiger charge is 1.97. The van der Waals surface area contributed by atoms with Gasteiger partial charge in [-0.3, -0.25) is 0 Å². The monoisotopic (exact) mass is 158 g/mol. The molecule has 0 saturated carbocycles. The molecule has 1 rings (SSSR count). The van der Waals surface area contributed by atoms with Crippen molar-refractivity contribution in [2.24, 2.45) is 5.73 Å². The maximum Gasteiger partial charge on any atom is 0.404 e. The van der Waals surface area contributed by atoms with Gasteiger partial charge in [0.15, 0.2) is 0 Å². The Labute approximate surface area is 61.6 Å². The van der Waals surface area contributed by atoms with Crippen LogP contribution in [0.4, 0.5) is 4.79 Å². The lowest BCUT2D eigenvalue weighted by atomic mass is 10.7. The molecular formula is C5H6N2O2S. The van der Waals surface area contributed by atoms with Crippen LogP contribution in [-0.4, -0.2) is 11.1 Å². The molecule has 0 aliphatic carbocycles. The molecule has 1 aromatic heterocycles. The lowest BCUT2D eigenvalue weighted by molar-refractivity contribution is 0.150. The SMILES string of the molecule is NC(=O)OCc1nccs1. The Morgan fingerprint density at radius 3 is 3.20 bits per heavy atom. The van der Waals surface area contributed by atoms with E-state index in [1.807, 2.05) is 0 Å². The number of carbonyl (C=O) groups is 1. The van der Waals surface area contributed by atoms with E-state index < -0.39 is 6.09 Å². The molecular weight excluding hydrogens is 152 g/mol. The van der Waals surface area contributed by atoms with Crippen molar-refractivity contribution in [3.63, 3.8) is 0 Å². The highest BCUT2D eigenvalue weighted by atomic mass is 32.1. The summed E-state index contributed by atoms with van der Waals surface area (Å²) in [7, 11) is 0. The van der Waals surface area contributed by atoms with Gasteiger partial charge in [-0.15, -0.1) is 11.3 Å². The average Bonchev–Trinajstić information content (AvgIpc) is 2.34. The number of rotatable bonds is 2. The second kappa shape index (κ2) is 3.17. The molecule has 0 radical (unpaired) electrons. The molecule has 0 saturated heterocycles. The molecule has 0 spiro atoms. The summed E-state index contributed by atoms with van der Waals surface area (Å²) in [6.07, 6.45) is 0.875. The van der Waals surface area contributed by atoms with Crippen molar-refractivity contribution in [1.82, 2.24) is 4.98 Å². The van der Waals surface area contributed by atoms with E-state index in [1.165, 1.54) is 11.3 Å². The van der Waals surface area contributed by atoms with Crippen LogP contribution in [0.15, 0.2) is 11.6 Å². The minimum atomic E-state index is -0.768. The van der Waals surface area contributed by atoms with Crippen LogP contribution >= 0.6 is 11.3 Å². The summed E-state index contributed by atoms with van der Waals surface area (Å²) < 4.78 is 4.47. The van der Waals surface area contributed by atoms with Crippen molar-refractivity contribution in [2.45, 2.75) is 6.61 Å². The van der Waals surface area contributed by atoms with Crippen LogP contribution in [0.3, 0.4) is 0 Å². The Morgan fingerprint density at radius 1 is 1.90 bits per heavy atom. The fourth-order valence-electron chi connectivity index (χ4n) is 0.457. The molecule has 4 nitrogen and oxygen atoms in total. The van der Waals surface area contributed by atoms with E-state index in [1.54, 1.807) is 11.6 Å². The Balaban J connectivity index is 2.35. The Hall–Kier alpha value is -1.10. The smallest absolute Gasteiger partial charge is 0.404 e. The first-order valence-electron chi connectivity index (χ1n) is 2.59. The van der Waals surface area contributed by atoms with Gasteiger partial charge in [-0.1, -0.05) is 0 Å². The number of hydrogen-bond acceptors (Lipinski definition) is 4. The number of aromatic nitrogens is 1. The van der Waals surface area contributed by atoms with E-state index in [-0.39, 0.29) is 6.61 Å². The molecule has 0 fully saturated rings. The Kier molecular flexibility index (Phi) is 2.22. The first-order valence-corrected chi connectivity index (χ1v) is 3.47. The second-order valence-corrected chi connectivity index (χ2v) is 2.51. The quantitative estimate of drug-likeness (QED) is 0.690. The number of primary amides is 1. The van der Waals surface area contributed by atoms with Crippen LogP contribution in [0.1, 0.15) is 5.01 Å². The van der Waals surface area contributed by atoms with Gasteiger partial charge in [-0.2, -0.15) is 0 Å². The number of ether oxygens (including phenoxy) is 1. The van der Waals surface area contributed by atoms with Gasteiger partial charge < -0.3 is 10.5 Å². The predicted molar refractivity (Wildman–Crippen MR) is 36.5 cm³/mol. The fraction of sp³-hybridized carbons (Fsp3) is 0.200. The molecule has 2 N–H and O–H groups in total. The van der Waals surface area contributed by atoms with Gasteiger partial charge in [0, 0.05) is 11.6 Å². The summed E-state index contributed by atoms with van der Waals surface area (Å²) in [6.45, 7) is 0.174. The summed E-state index contributed by atoms with van der Waals surface area (Å²) in [6, 6.07) is 0. The van der Waals surface area contributed by atoms with Crippen LogP contribution < -0.4 is 5.73 Å². The van der Waals surface area contributed by atoms with Gasteiger partial charge in [-0.25, -0.2) is 9.78 Å². The zero-order chi connectivity index (χ0) is 7.40. The maximum atomic E-state index is 10.1. The first kappa shape index (κ1) is 7.01. The number of thiazole rings is 1. The molecule has 0 atom stereocenters. The third kappa shape index (κ3) is 2.02. The number of nitrogens with zero attached hydrogens (tertiary/aromatic N) is 1. The van der Waals surface area contributed by atoms with Crippen LogP contribution in [0.2, 0.25) is 0 Å². The standard InChI is InChI=1S/C5H6N2O2S/c6-5(8)9-3-4-7-1-2-10-4/h1-2H,3H2,(H2,6,8). The third-order valence-electron chi connectivity index (χ3n) is 0.821. The molecule has 10 heavy (non-hydrogen) atoms. The molecule has 1 amide bonds. The largest absolute Gasteiger partial charge is 0.442 e. The van der Waals surface area contributed by atoms with Gasteiger partial charge in [0.1, 0.15) is 11.6 Å². The van der Waals surface area contributed by atoms with Gasteiger partial charge in [0.2, 0.25) is 0 Å². The molecule has 0 unspecified atom stereocenters. The summed E-state index contributed by atoms with van der Waals surface area (Å²) in [5.41, 5.74) is 4.72. The predicted octanol–water partition coefficient (Wildman–Crippen LogP) is 0.738. The topological polar surface area (TPSA) is 65.2 Å². The van der Waals surface area contributed by atoms with Gasteiger partial charge in [0.05, 0.1) is 0 Å². The van der Waals surface area contributed by atoms with Crippen molar-refractivity contribution in [3.8, 4) is 0 Å². The summed E-state index contributed by atoms with van der Waals surface area (Å²) in [5, 5.41) is 2.55. The highest BCUT2D eigenvalue weighted by molar-refractivity contribution is 7.09. The zero-order valence-corrected chi connectivity index (χ0v) is 5.93. The van der Waals surface area contributed by atoms with Crippen LogP contribution in [0.25, 0.3) is 0 Å². The molecule has 0 aliphatic rings. The lowest BCUT2D eigenvalue weighted by Gasteiger charge is -1.94. The average molecular weight is 158 g/mol. The van der Waals surface area contributed by atoms with Crippen molar-refractivity contribution < 1.29 is 9.53 Å². The summed E-state index contributed by atoms with van der Waals surface area (Å²) in [5.74, 6) is 0. The van der Waals surface area contributed by atoms with Crippen LogP contribution in [0.5, 0.6) is 0 Å². The van der Waals surface area contributed by atoms with Crippen molar-refractivity contribution in [2.75, 3.05) is 0 Å². The minimum absolute atomic E-state index is 0.174.